The first-order valence-corrected chi connectivity index (χ1v) is 7.51. The van der Waals surface area contributed by atoms with Gasteiger partial charge in [0.15, 0.2) is 0 Å². The van der Waals surface area contributed by atoms with E-state index in [0.29, 0.717) is 5.69 Å². The average Bonchev–Trinajstić information content (AvgIpc) is 2.35. The first-order chi connectivity index (χ1) is 8.48. The van der Waals surface area contributed by atoms with Crippen LogP contribution in [-0.2, 0) is 10.2 Å². The summed E-state index contributed by atoms with van der Waals surface area (Å²) in [7, 11) is -2.08. The van der Waals surface area contributed by atoms with Crippen LogP contribution < -0.4 is 14.8 Å². The zero-order valence-electron chi connectivity index (χ0n) is 11.0. The second-order valence-corrected chi connectivity index (χ2v) is 5.73. The Hall–Kier alpha value is -1.11. The molecular formula is C12H21N3O2S. The molecule has 0 fully saturated rings. The molecule has 18 heavy (non-hydrogen) atoms. The topological polar surface area (TPSA) is 70.2 Å². The van der Waals surface area contributed by atoms with Crippen molar-refractivity contribution in [2.24, 2.45) is 0 Å². The molecule has 1 unspecified atom stereocenters. The largest absolute Gasteiger partial charge is 0.310 e. The van der Waals surface area contributed by atoms with Crippen molar-refractivity contribution in [2.45, 2.75) is 26.3 Å². The number of hydrogen-bond donors (Lipinski definition) is 3. The van der Waals surface area contributed by atoms with Gasteiger partial charge in [-0.3, -0.25) is 4.72 Å². The second-order valence-electron chi connectivity index (χ2n) is 4.11. The first-order valence-electron chi connectivity index (χ1n) is 6.03. The maximum atomic E-state index is 11.4. The average molecular weight is 271 g/mol. The second kappa shape index (κ2) is 6.72. The first kappa shape index (κ1) is 14.9. The third-order valence-corrected chi connectivity index (χ3v) is 3.65. The Labute approximate surface area is 109 Å². The van der Waals surface area contributed by atoms with Crippen molar-refractivity contribution in [3.8, 4) is 0 Å². The van der Waals surface area contributed by atoms with Crippen molar-refractivity contribution in [3.63, 3.8) is 0 Å². The van der Waals surface area contributed by atoms with E-state index < -0.39 is 10.2 Å². The van der Waals surface area contributed by atoms with E-state index in [4.69, 9.17) is 0 Å². The fourth-order valence-electron chi connectivity index (χ4n) is 1.56. The van der Waals surface area contributed by atoms with Crippen LogP contribution in [0.1, 0.15) is 31.9 Å². The lowest BCUT2D eigenvalue weighted by atomic mass is 10.1. The van der Waals surface area contributed by atoms with Crippen molar-refractivity contribution < 1.29 is 8.42 Å². The van der Waals surface area contributed by atoms with Crippen LogP contribution >= 0.6 is 0 Å². The number of anilines is 1. The minimum Gasteiger partial charge on any atom is -0.310 e. The quantitative estimate of drug-likeness (QED) is 0.706. The van der Waals surface area contributed by atoms with Gasteiger partial charge in [0, 0.05) is 13.1 Å². The smallest absolute Gasteiger partial charge is 0.298 e. The molecule has 0 radical (unpaired) electrons. The Bertz CT molecular complexity index is 474. The van der Waals surface area contributed by atoms with Gasteiger partial charge in [-0.25, -0.2) is 4.72 Å². The third-order valence-electron chi connectivity index (χ3n) is 2.61. The van der Waals surface area contributed by atoms with Crippen LogP contribution in [0.4, 0.5) is 5.69 Å². The summed E-state index contributed by atoms with van der Waals surface area (Å²) in [4.78, 5) is 0. The maximum absolute atomic E-state index is 11.4. The Balaban J connectivity index is 2.79. The Morgan fingerprint density at radius 2 is 2.06 bits per heavy atom. The lowest BCUT2D eigenvalue weighted by molar-refractivity contribution is 0.571. The van der Waals surface area contributed by atoms with E-state index in [-0.39, 0.29) is 6.04 Å². The van der Waals surface area contributed by atoms with E-state index >= 15 is 0 Å². The van der Waals surface area contributed by atoms with Crippen molar-refractivity contribution in [1.29, 1.82) is 0 Å². The van der Waals surface area contributed by atoms with Gasteiger partial charge in [-0.15, -0.1) is 0 Å². The third kappa shape index (κ3) is 4.64. The molecule has 0 aliphatic carbocycles. The van der Waals surface area contributed by atoms with Crippen molar-refractivity contribution in [1.82, 2.24) is 10.0 Å². The molecule has 1 aromatic carbocycles. The van der Waals surface area contributed by atoms with Gasteiger partial charge in [0.25, 0.3) is 10.2 Å². The summed E-state index contributed by atoms with van der Waals surface area (Å²) in [6.07, 6.45) is 1.07. The van der Waals surface area contributed by atoms with E-state index in [1.165, 1.54) is 7.05 Å². The predicted octanol–water partition coefficient (Wildman–Crippen LogP) is 1.62. The lowest BCUT2D eigenvalue weighted by Crippen LogP contribution is -2.26. The summed E-state index contributed by atoms with van der Waals surface area (Å²) in [6.45, 7) is 5.10. The van der Waals surface area contributed by atoms with Gasteiger partial charge >= 0.3 is 0 Å². The SMILES string of the molecule is CCCNC(C)c1cccc(NS(=O)(=O)NC)c1. The predicted molar refractivity (Wildman–Crippen MR) is 74.8 cm³/mol. The van der Waals surface area contributed by atoms with E-state index in [9.17, 15) is 8.42 Å². The molecule has 102 valence electrons. The molecule has 0 saturated heterocycles. The van der Waals surface area contributed by atoms with Gasteiger partial charge < -0.3 is 5.32 Å². The molecule has 6 heteroatoms. The normalized spacial score (nSPS) is 13.3. The van der Waals surface area contributed by atoms with E-state index in [2.05, 4.69) is 28.6 Å². The Morgan fingerprint density at radius 3 is 2.67 bits per heavy atom. The minimum absolute atomic E-state index is 0.198. The summed E-state index contributed by atoms with van der Waals surface area (Å²) in [5, 5.41) is 3.36. The number of rotatable bonds is 7. The highest BCUT2D eigenvalue weighted by Crippen LogP contribution is 2.17. The van der Waals surface area contributed by atoms with Crippen LogP contribution in [0, 0.1) is 0 Å². The maximum Gasteiger partial charge on any atom is 0.298 e. The molecule has 0 bridgehead atoms. The summed E-state index contributed by atoms with van der Waals surface area (Å²) in [5.41, 5.74) is 1.62. The molecule has 0 saturated carbocycles. The molecule has 0 spiro atoms. The molecular weight excluding hydrogens is 250 g/mol. The van der Waals surface area contributed by atoms with Crippen molar-refractivity contribution >= 4 is 15.9 Å². The summed E-state index contributed by atoms with van der Waals surface area (Å²) < 4.78 is 27.4. The zero-order valence-corrected chi connectivity index (χ0v) is 11.8. The zero-order chi connectivity index (χ0) is 13.6. The number of nitrogens with one attached hydrogen (secondary N) is 3. The monoisotopic (exact) mass is 271 g/mol. The molecule has 1 atom stereocenters. The summed E-state index contributed by atoms with van der Waals surface area (Å²) in [6, 6.07) is 7.58. The number of benzene rings is 1. The Morgan fingerprint density at radius 1 is 1.33 bits per heavy atom. The van der Waals surface area contributed by atoms with Gasteiger partial charge in [0.05, 0.1) is 5.69 Å². The van der Waals surface area contributed by atoms with E-state index in [1.807, 2.05) is 18.2 Å². The van der Waals surface area contributed by atoms with Crippen LogP contribution in [0.3, 0.4) is 0 Å². The minimum atomic E-state index is -3.45. The van der Waals surface area contributed by atoms with Crippen molar-refractivity contribution in [2.75, 3.05) is 18.3 Å². The fraction of sp³-hybridized carbons (Fsp3) is 0.500. The van der Waals surface area contributed by atoms with Gasteiger partial charge in [0.2, 0.25) is 0 Å². The molecule has 5 nitrogen and oxygen atoms in total. The fourth-order valence-corrected chi connectivity index (χ4v) is 2.10. The molecule has 1 rings (SSSR count). The van der Waals surface area contributed by atoms with Crippen LogP contribution in [0.5, 0.6) is 0 Å². The van der Waals surface area contributed by atoms with Crippen LogP contribution in [0.25, 0.3) is 0 Å². The van der Waals surface area contributed by atoms with Crippen LogP contribution in [-0.4, -0.2) is 22.0 Å². The van der Waals surface area contributed by atoms with Gasteiger partial charge in [-0.2, -0.15) is 8.42 Å². The Kier molecular flexibility index (Phi) is 5.58. The van der Waals surface area contributed by atoms with Crippen LogP contribution in [0.15, 0.2) is 24.3 Å². The molecule has 0 heterocycles. The van der Waals surface area contributed by atoms with E-state index in [0.717, 1.165) is 18.5 Å². The molecule has 0 aliphatic rings. The standard InChI is InChI=1S/C12H21N3O2S/c1-4-8-14-10(2)11-6-5-7-12(9-11)15-18(16,17)13-3/h5-7,9-10,13-15H,4,8H2,1-3H3. The molecule has 0 amide bonds. The van der Waals surface area contributed by atoms with Gasteiger partial charge in [-0.1, -0.05) is 19.1 Å². The van der Waals surface area contributed by atoms with Gasteiger partial charge in [0.1, 0.15) is 0 Å². The highest BCUT2D eigenvalue weighted by atomic mass is 32.2. The molecule has 0 aliphatic heterocycles. The molecule has 3 N–H and O–H groups in total. The summed E-state index contributed by atoms with van der Waals surface area (Å²) >= 11 is 0. The number of hydrogen-bond acceptors (Lipinski definition) is 3. The molecule has 0 aromatic heterocycles. The molecule has 1 aromatic rings. The summed E-state index contributed by atoms with van der Waals surface area (Å²) in [5.74, 6) is 0. The highest BCUT2D eigenvalue weighted by molar-refractivity contribution is 7.90. The highest BCUT2D eigenvalue weighted by Gasteiger charge is 2.08. The van der Waals surface area contributed by atoms with Crippen molar-refractivity contribution in [3.05, 3.63) is 29.8 Å². The lowest BCUT2D eigenvalue weighted by Gasteiger charge is -2.15. The van der Waals surface area contributed by atoms with Gasteiger partial charge in [-0.05, 0) is 37.6 Å². The van der Waals surface area contributed by atoms with E-state index in [1.54, 1.807) is 6.07 Å². The van der Waals surface area contributed by atoms with Crippen LogP contribution in [0.2, 0.25) is 0 Å².